The van der Waals surface area contributed by atoms with Crippen molar-refractivity contribution in [3.05, 3.63) is 29.8 Å². The Morgan fingerprint density at radius 2 is 1.76 bits per heavy atom. The average molecular weight is 339 g/mol. The van der Waals surface area contributed by atoms with Crippen LogP contribution in [0, 0.1) is 22.7 Å². The van der Waals surface area contributed by atoms with E-state index in [1.165, 1.54) is 4.90 Å². The highest BCUT2D eigenvalue weighted by Crippen LogP contribution is 2.21. The molecule has 2 N–H and O–H groups in total. The first-order valence-electron chi connectivity index (χ1n) is 8.31. The van der Waals surface area contributed by atoms with E-state index in [1.54, 1.807) is 24.3 Å². The Kier molecular flexibility index (Phi) is 6.79. The Morgan fingerprint density at radius 3 is 2.36 bits per heavy atom. The van der Waals surface area contributed by atoms with E-state index in [9.17, 15) is 9.59 Å². The predicted molar refractivity (Wildman–Crippen MR) is 92.5 cm³/mol. The zero-order chi connectivity index (χ0) is 18.1. The van der Waals surface area contributed by atoms with E-state index in [1.807, 2.05) is 12.1 Å². The highest BCUT2D eigenvalue weighted by molar-refractivity contribution is 6.00. The maximum absolute atomic E-state index is 12.3. The van der Waals surface area contributed by atoms with E-state index in [4.69, 9.17) is 10.5 Å². The topological polar surface area (TPSA) is 109 Å². The predicted octanol–water partition coefficient (Wildman–Crippen LogP) is 1.65. The standard InChI is InChI=1S/C18H21N5O2/c19-9-3-11-23(12-4-10-20)17(24)13-21-16-6-2-1-5-15(16)18(25)22-14-7-8-14/h1-2,5-6,14,21H,3-4,7-8,11-13H2,(H,22,25). The summed E-state index contributed by atoms with van der Waals surface area (Å²) in [5.41, 5.74) is 1.09. The molecule has 0 atom stereocenters. The van der Waals surface area contributed by atoms with E-state index < -0.39 is 0 Å². The maximum atomic E-state index is 12.3. The second-order valence-electron chi connectivity index (χ2n) is 5.84. The van der Waals surface area contributed by atoms with E-state index in [-0.39, 0.29) is 37.2 Å². The molecule has 0 unspecified atom stereocenters. The van der Waals surface area contributed by atoms with Crippen LogP contribution in [-0.2, 0) is 4.79 Å². The zero-order valence-corrected chi connectivity index (χ0v) is 14.0. The van der Waals surface area contributed by atoms with Gasteiger partial charge in [0.1, 0.15) is 0 Å². The van der Waals surface area contributed by atoms with E-state index >= 15 is 0 Å². The zero-order valence-electron chi connectivity index (χ0n) is 14.0. The third-order valence-corrected chi connectivity index (χ3v) is 3.85. The molecule has 0 aromatic heterocycles. The van der Waals surface area contributed by atoms with Crippen molar-refractivity contribution in [3.8, 4) is 12.1 Å². The lowest BCUT2D eigenvalue weighted by Gasteiger charge is -2.21. The number of nitrogens with zero attached hydrogens (tertiary/aromatic N) is 3. The smallest absolute Gasteiger partial charge is 0.253 e. The van der Waals surface area contributed by atoms with Gasteiger partial charge >= 0.3 is 0 Å². The maximum Gasteiger partial charge on any atom is 0.253 e. The molecule has 130 valence electrons. The van der Waals surface area contributed by atoms with Crippen LogP contribution in [0.1, 0.15) is 36.0 Å². The van der Waals surface area contributed by atoms with Crippen molar-refractivity contribution in [3.63, 3.8) is 0 Å². The SMILES string of the molecule is N#CCCN(CCC#N)C(=O)CNc1ccccc1C(=O)NC1CC1. The summed E-state index contributed by atoms with van der Waals surface area (Å²) in [6.45, 7) is 0.593. The van der Waals surface area contributed by atoms with Crippen molar-refractivity contribution < 1.29 is 9.59 Å². The summed E-state index contributed by atoms with van der Waals surface area (Å²) in [5, 5.41) is 23.3. The van der Waals surface area contributed by atoms with Gasteiger partial charge in [-0.25, -0.2) is 0 Å². The summed E-state index contributed by atoms with van der Waals surface area (Å²) in [5.74, 6) is -0.355. The Hall–Kier alpha value is -3.06. The number of rotatable bonds is 9. The number of hydrogen-bond donors (Lipinski definition) is 2. The molecule has 2 rings (SSSR count). The quantitative estimate of drug-likeness (QED) is 0.711. The molecule has 1 aliphatic rings. The van der Waals surface area contributed by atoms with Crippen molar-refractivity contribution in [1.29, 1.82) is 10.5 Å². The summed E-state index contributed by atoms with van der Waals surface area (Å²) >= 11 is 0. The molecular weight excluding hydrogens is 318 g/mol. The van der Waals surface area contributed by atoms with Crippen LogP contribution in [-0.4, -0.2) is 42.4 Å². The molecule has 0 bridgehead atoms. The van der Waals surface area contributed by atoms with Crippen molar-refractivity contribution in [2.24, 2.45) is 0 Å². The van der Waals surface area contributed by atoms with Crippen LogP contribution < -0.4 is 10.6 Å². The minimum atomic E-state index is -0.206. The summed E-state index contributed by atoms with van der Waals surface area (Å²) in [6, 6.07) is 11.3. The number of anilines is 1. The van der Waals surface area contributed by atoms with Crippen molar-refractivity contribution in [2.75, 3.05) is 25.0 Å². The van der Waals surface area contributed by atoms with Crippen molar-refractivity contribution in [2.45, 2.75) is 31.7 Å². The summed E-state index contributed by atoms with van der Waals surface area (Å²) in [4.78, 5) is 26.1. The second kappa shape index (κ2) is 9.29. The van der Waals surface area contributed by atoms with Crippen LogP contribution in [0.2, 0.25) is 0 Å². The van der Waals surface area contributed by atoms with Crippen molar-refractivity contribution >= 4 is 17.5 Å². The fraction of sp³-hybridized carbons (Fsp3) is 0.444. The molecule has 1 aromatic carbocycles. The summed E-state index contributed by atoms with van der Waals surface area (Å²) in [6.07, 6.45) is 2.45. The van der Waals surface area contributed by atoms with Gasteiger partial charge in [0, 0.05) is 24.8 Å². The fourth-order valence-electron chi connectivity index (χ4n) is 2.34. The first-order chi connectivity index (χ1) is 12.2. The lowest BCUT2D eigenvalue weighted by molar-refractivity contribution is -0.129. The van der Waals surface area contributed by atoms with Crippen LogP contribution in [0.3, 0.4) is 0 Å². The molecular formula is C18H21N5O2. The molecule has 0 heterocycles. The lowest BCUT2D eigenvalue weighted by Crippen LogP contribution is -2.37. The van der Waals surface area contributed by atoms with Crippen LogP contribution in [0.15, 0.2) is 24.3 Å². The van der Waals surface area contributed by atoms with E-state index in [2.05, 4.69) is 10.6 Å². The molecule has 0 radical (unpaired) electrons. The molecule has 7 heteroatoms. The number of nitriles is 2. The van der Waals surface area contributed by atoms with Gasteiger partial charge in [0.2, 0.25) is 5.91 Å². The molecule has 0 saturated heterocycles. The van der Waals surface area contributed by atoms with Gasteiger partial charge in [0.25, 0.3) is 5.91 Å². The monoisotopic (exact) mass is 339 g/mol. The minimum absolute atomic E-state index is 0.00454. The molecule has 25 heavy (non-hydrogen) atoms. The average Bonchev–Trinajstić information content (AvgIpc) is 3.44. The van der Waals surface area contributed by atoms with E-state index in [0.717, 1.165) is 12.8 Å². The molecule has 1 aromatic rings. The Morgan fingerprint density at radius 1 is 1.12 bits per heavy atom. The molecule has 1 aliphatic carbocycles. The van der Waals surface area contributed by atoms with Crippen LogP contribution in [0.5, 0.6) is 0 Å². The molecule has 0 aliphatic heterocycles. The van der Waals surface area contributed by atoms with Gasteiger partial charge in [0.15, 0.2) is 0 Å². The summed E-state index contributed by atoms with van der Waals surface area (Å²) in [7, 11) is 0. The van der Waals surface area contributed by atoms with Gasteiger partial charge in [-0.15, -0.1) is 0 Å². The van der Waals surface area contributed by atoms with Crippen molar-refractivity contribution in [1.82, 2.24) is 10.2 Å². The van der Waals surface area contributed by atoms with Crippen LogP contribution in [0.25, 0.3) is 0 Å². The van der Waals surface area contributed by atoms with Crippen LogP contribution in [0.4, 0.5) is 5.69 Å². The number of amides is 2. The fourth-order valence-corrected chi connectivity index (χ4v) is 2.34. The number of hydrogen-bond acceptors (Lipinski definition) is 5. The summed E-state index contributed by atoms with van der Waals surface area (Å²) < 4.78 is 0. The second-order valence-corrected chi connectivity index (χ2v) is 5.84. The van der Waals surface area contributed by atoms with Gasteiger partial charge in [-0.1, -0.05) is 12.1 Å². The van der Waals surface area contributed by atoms with Gasteiger partial charge in [-0.3, -0.25) is 9.59 Å². The highest BCUT2D eigenvalue weighted by atomic mass is 16.2. The molecule has 0 spiro atoms. The molecule has 7 nitrogen and oxygen atoms in total. The number of benzene rings is 1. The normalized spacial score (nSPS) is 12.6. The van der Waals surface area contributed by atoms with Gasteiger partial charge in [0.05, 0.1) is 37.1 Å². The van der Waals surface area contributed by atoms with Gasteiger partial charge < -0.3 is 15.5 Å². The lowest BCUT2D eigenvalue weighted by atomic mass is 10.1. The highest BCUT2D eigenvalue weighted by Gasteiger charge is 2.24. The molecule has 1 saturated carbocycles. The third kappa shape index (κ3) is 5.82. The number of carbonyl (C=O) groups excluding carboxylic acids is 2. The molecule has 1 fully saturated rings. The first kappa shape index (κ1) is 18.3. The van der Waals surface area contributed by atoms with Gasteiger partial charge in [-0.2, -0.15) is 10.5 Å². The Labute approximate surface area is 147 Å². The number of nitrogens with one attached hydrogen (secondary N) is 2. The Balaban J connectivity index is 1.96. The molecule has 2 amide bonds. The largest absolute Gasteiger partial charge is 0.376 e. The van der Waals surface area contributed by atoms with Gasteiger partial charge in [-0.05, 0) is 25.0 Å². The Bertz CT molecular complexity index is 682. The first-order valence-corrected chi connectivity index (χ1v) is 8.31. The third-order valence-electron chi connectivity index (χ3n) is 3.85. The van der Waals surface area contributed by atoms with Crippen LogP contribution >= 0.6 is 0 Å². The van der Waals surface area contributed by atoms with E-state index in [0.29, 0.717) is 24.3 Å². The minimum Gasteiger partial charge on any atom is -0.376 e. The number of para-hydroxylation sites is 1. The number of carbonyl (C=O) groups is 2.